The van der Waals surface area contributed by atoms with Crippen LogP contribution in [-0.2, 0) is 9.59 Å². The summed E-state index contributed by atoms with van der Waals surface area (Å²) in [5, 5.41) is 6.73. The monoisotopic (exact) mass is 395 g/mol. The molecule has 2 rings (SSSR count). The maximum atomic E-state index is 11.8. The second-order valence-electron chi connectivity index (χ2n) is 4.90. The van der Waals surface area contributed by atoms with Crippen LogP contribution in [0.3, 0.4) is 0 Å². The largest absolute Gasteiger partial charge is 0.493 e. The Morgan fingerprint density at radius 2 is 1.69 bits per heavy atom. The van der Waals surface area contributed by atoms with Gasteiger partial charge in [-0.1, -0.05) is 23.2 Å². The quantitative estimate of drug-likeness (QED) is 0.462. The number of ether oxygens (including phenoxy) is 2. The van der Waals surface area contributed by atoms with Gasteiger partial charge in [-0.2, -0.15) is 5.10 Å². The molecular formula is C17H15Cl2N3O4. The van der Waals surface area contributed by atoms with Gasteiger partial charge >= 0.3 is 11.8 Å². The van der Waals surface area contributed by atoms with Gasteiger partial charge in [-0.25, -0.2) is 5.43 Å². The number of carbonyl (C=O) groups excluding carboxylic acids is 2. The number of halogens is 2. The summed E-state index contributed by atoms with van der Waals surface area (Å²) in [6.45, 7) is 0. The Bertz CT molecular complexity index is 856. The summed E-state index contributed by atoms with van der Waals surface area (Å²) in [6.07, 6.45) is 1.37. The van der Waals surface area contributed by atoms with Gasteiger partial charge in [0.1, 0.15) is 0 Å². The molecule has 2 amide bonds. The summed E-state index contributed by atoms with van der Waals surface area (Å²) in [4.78, 5) is 23.6. The minimum absolute atomic E-state index is 0.261. The molecule has 26 heavy (non-hydrogen) atoms. The first-order valence-electron chi connectivity index (χ1n) is 7.26. The van der Waals surface area contributed by atoms with Crippen LogP contribution in [0.25, 0.3) is 0 Å². The van der Waals surface area contributed by atoms with E-state index in [-0.39, 0.29) is 5.02 Å². The van der Waals surface area contributed by atoms with Crippen molar-refractivity contribution in [2.24, 2.45) is 5.10 Å². The van der Waals surface area contributed by atoms with Gasteiger partial charge in [-0.3, -0.25) is 9.59 Å². The van der Waals surface area contributed by atoms with E-state index in [1.807, 2.05) is 0 Å². The van der Waals surface area contributed by atoms with Crippen molar-refractivity contribution in [3.05, 3.63) is 52.0 Å². The number of methoxy groups -OCH3 is 2. The number of hydrazone groups is 1. The van der Waals surface area contributed by atoms with Crippen molar-refractivity contribution in [2.45, 2.75) is 0 Å². The summed E-state index contributed by atoms with van der Waals surface area (Å²) < 4.78 is 10.3. The van der Waals surface area contributed by atoms with E-state index in [1.54, 1.807) is 18.2 Å². The molecule has 0 unspecified atom stereocenters. The van der Waals surface area contributed by atoms with E-state index in [9.17, 15) is 9.59 Å². The van der Waals surface area contributed by atoms with Gasteiger partial charge in [0.05, 0.1) is 30.5 Å². The SMILES string of the molecule is COc1ccc(/C=N/NC(=O)C(=O)Nc2ccc(Cl)c(Cl)c2)cc1OC. The highest BCUT2D eigenvalue weighted by Gasteiger charge is 2.13. The second-order valence-corrected chi connectivity index (χ2v) is 5.71. The van der Waals surface area contributed by atoms with Crippen molar-refractivity contribution in [3.63, 3.8) is 0 Å². The number of carbonyl (C=O) groups is 2. The molecule has 0 spiro atoms. The van der Waals surface area contributed by atoms with Crippen molar-refractivity contribution in [2.75, 3.05) is 19.5 Å². The average molecular weight is 396 g/mol. The van der Waals surface area contributed by atoms with Crippen LogP contribution in [-0.4, -0.2) is 32.2 Å². The highest BCUT2D eigenvalue weighted by atomic mass is 35.5. The molecule has 0 atom stereocenters. The van der Waals surface area contributed by atoms with E-state index in [0.29, 0.717) is 27.8 Å². The van der Waals surface area contributed by atoms with Crippen LogP contribution >= 0.6 is 23.2 Å². The van der Waals surface area contributed by atoms with Crippen LogP contribution < -0.4 is 20.2 Å². The minimum Gasteiger partial charge on any atom is -0.493 e. The molecule has 0 fully saturated rings. The Hall–Kier alpha value is -2.77. The number of nitrogens with zero attached hydrogens (tertiary/aromatic N) is 1. The molecule has 0 aliphatic carbocycles. The zero-order chi connectivity index (χ0) is 19.1. The fourth-order valence-corrected chi connectivity index (χ4v) is 2.21. The molecular weight excluding hydrogens is 381 g/mol. The average Bonchev–Trinajstić information content (AvgIpc) is 2.64. The summed E-state index contributed by atoms with van der Waals surface area (Å²) in [5.74, 6) is -0.754. The lowest BCUT2D eigenvalue weighted by atomic mass is 10.2. The predicted molar refractivity (Wildman–Crippen MR) is 100 cm³/mol. The van der Waals surface area contributed by atoms with Crippen LogP contribution in [0.4, 0.5) is 5.69 Å². The Kier molecular flexibility index (Phi) is 6.82. The van der Waals surface area contributed by atoms with Gasteiger partial charge in [-0.05, 0) is 42.0 Å². The third kappa shape index (κ3) is 5.11. The van der Waals surface area contributed by atoms with Crippen LogP contribution in [0.5, 0.6) is 11.5 Å². The van der Waals surface area contributed by atoms with Crippen LogP contribution in [0.15, 0.2) is 41.5 Å². The van der Waals surface area contributed by atoms with E-state index >= 15 is 0 Å². The third-order valence-corrected chi connectivity index (χ3v) is 3.91. The first-order valence-corrected chi connectivity index (χ1v) is 8.01. The van der Waals surface area contributed by atoms with Gasteiger partial charge in [0, 0.05) is 5.69 Å². The summed E-state index contributed by atoms with van der Waals surface area (Å²) in [7, 11) is 3.03. The zero-order valence-electron chi connectivity index (χ0n) is 13.9. The van der Waals surface area contributed by atoms with Gasteiger partial charge in [0.25, 0.3) is 0 Å². The van der Waals surface area contributed by atoms with E-state index in [2.05, 4.69) is 15.8 Å². The fraction of sp³-hybridized carbons (Fsp3) is 0.118. The number of hydrogen-bond acceptors (Lipinski definition) is 5. The van der Waals surface area contributed by atoms with Crippen molar-refractivity contribution in [1.82, 2.24) is 5.43 Å². The normalized spacial score (nSPS) is 10.5. The molecule has 7 nitrogen and oxygen atoms in total. The zero-order valence-corrected chi connectivity index (χ0v) is 15.4. The highest BCUT2D eigenvalue weighted by Crippen LogP contribution is 2.27. The molecule has 0 radical (unpaired) electrons. The molecule has 0 aliphatic heterocycles. The Balaban J connectivity index is 1.95. The number of nitrogens with one attached hydrogen (secondary N) is 2. The molecule has 0 heterocycles. The lowest BCUT2D eigenvalue weighted by Crippen LogP contribution is -2.32. The minimum atomic E-state index is -0.937. The van der Waals surface area contributed by atoms with E-state index in [4.69, 9.17) is 32.7 Å². The van der Waals surface area contributed by atoms with Crippen LogP contribution in [0, 0.1) is 0 Å². The first-order chi connectivity index (χ1) is 12.4. The number of rotatable bonds is 5. The second kappa shape index (κ2) is 9.07. The van der Waals surface area contributed by atoms with Crippen molar-refractivity contribution < 1.29 is 19.1 Å². The number of benzene rings is 2. The van der Waals surface area contributed by atoms with Gasteiger partial charge in [0.15, 0.2) is 11.5 Å². The Morgan fingerprint density at radius 1 is 0.962 bits per heavy atom. The topological polar surface area (TPSA) is 89.0 Å². The molecule has 136 valence electrons. The molecule has 0 aliphatic rings. The molecule has 0 bridgehead atoms. The molecule has 2 N–H and O–H groups in total. The third-order valence-electron chi connectivity index (χ3n) is 3.17. The maximum absolute atomic E-state index is 11.8. The molecule has 2 aromatic rings. The summed E-state index contributed by atoms with van der Waals surface area (Å²) in [5.41, 5.74) is 3.11. The molecule has 0 saturated carbocycles. The lowest BCUT2D eigenvalue weighted by molar-refractivity contribution is -0.136. The van der Waals surface area contributed by atoms with Crippen molar-refractivity contribution in [1.29, 1.82) is 0 Å². The molecule has 0 aromatic heterocycles. The fourth-order valence-electron chi connectivity index (χ4n) is 1.91. The highest BCUT2D eigenvalue weighted by molar-refractivity contribution is 6.42. The van der Waals surface area contributed by atoms with Gasteiger partial charge < -0.3 is 14.8 Å². The van der Waals surface area contributed by atoms with Crippen LogP contribution in [0.2, 0.25) is 10.0 Å². The first kappa shape index (κ1) is 19.6. The maximum Gasteiger partial charge on any atom is 0.329 e. The Labute approximate surface area is 159 Å². The molecule has 2 aromatic carbocycles. The summed E-state index contributed by atoms with van der Waals surface area (Å²) >= 11 is 11.6. The van der Waals surface area contributed by atoms with E-state index in [0.717, 1.165) is 0 Å². The van der Waals surface area contributed by atoms with Crippen molar-refractivity contribution >= 4 is 46.9 Å². The standard InChI is InChI=1S/C17H15Cl2N3O4/c1-25-14-6-3-10(7-15(14)26-2)9-20-22-17(24)16(23)21-11-4-5-12(18)13(19)8-11/h3-9H,1-2H3,(H,21,23)(H,22,24)/b20-9+. The lowest BCUT2D eigenvalue weighted by Gasteiger charge is -2.07. The molecule has 0 saturated heterocycles. The number of amides is 2. The van der Waals surface area contributed by atoms with Gasteiger partial charge in [0.2, 0.25) is 0 Å². The van der Waals surface area contributed by atoms with Crippen molar-refractivity contribution in [3.8, 4) is 11.5 Å². The predicted octanol–water partition coefficient (Wildman–Crippen LogP) is 3.10. The number of anilines is 1. The van der Waals surface area contributed by atoms with Gasteiger partial charge in [-0.15, -0.1) is 0 Å². The Morgan fingerprint density at radius 3 is 2.35 bits per heavy atom. The van der Waals surface area contributed by atoms with E-state index < -0.39 is 11.8 Å². The van der Waals surface area contributed by atoms with E-state index in [1.165, 1.54) is 38.6 Å². The smallest absolute Gasteiger partial charge is 0.329 e. The van der Waals surface area contributed by atoms with Crippen LogP contribution in [0.1, 0.15) is 5.56 Å². The summed E-state index contributed by atoms with van der Waals surface area (Å²) in [6, 6.07) is 9.54. The molecule has 9 heteroatoms. The number of hydrogen-bond donors (Lipinski definition) is 2.